The SMILES string of the molecule is Cc1[nH]c(=O)[nH]c(=O)c1CCC(=O)N[C@H](C)Cc1ccco1. The summed E-state index contributed by atoms with van der Waals surface area (Å²) in [7, 11) is 0. The van der Waals surface area contributed by atoms with Gasteiger partial charge < -0.3 is 14.7 Å². The molecule has 0 bridgehead atoms. The van der Waals surface area contributed by atoms with E-state index in [1.54, 1.807) is 19.3 Å². The molecule has 0 saturated carbocycles. The molecule has 1 atom stereocenters. The van der Waals surface area contributed by atoms with Gasteiger partial charge in [-0.3, -0.25) is 14.6 Å². The van der Waals surface area contributed by atoms with Gasteiger partial charge in [-0.05, 0) is 32.4 Å². The maximum atomic E-state index is 11.9. The molecule has 0 fully saturated rings. The van der Waals surface area contributed by atoms with Crippen molar-refractivity contribution in [3.63, 3.8) is 0 Å². The molecule has 0 aliphatic heterocycles. The molecule has 2 rings (SSSR count). The van der Waals surface area contributed by atoms with Crippen molar-refractivity contribution in [2.45, 2.75) is 39.2 Å². The van der Waals surface area contributed by atoms with Gasteiger partial charge in [-0.2, -0.15) is 0 Å². The van der Waals surface area contributed by atoms with E-state index < -0.39 is 11.2 Å². The van der Waals surface area contributed by atoms with Gasteiger partial charge in [-0.25, -0.2) is 4.79 Å². The van der Waals surface area contributed by atoms with Crippen LogP contribution < -0.4 is 16.6 Å². The van der Waals surface area contributed by atoms with Crippen molar-refractivity contribution < 1.29 is 9.21 Å². The Morgan fingerprint density at radius 3 is 2.77 bits per heavy atom. The van der Waals surface area contributed by atoms with Crippen LogP contribution >= 0.6 is 0 Å². The fourth-order valence-electron chi connectivity index (χ4n) is 2.29. The minimum atomic E-state index is -0.539. The Labute approximate surface area is 126 Å². The van der Waals surface area contributed by atoms with Gasteiger partial charge in [0.25, 0.3) is 5.56 Å². The summed E-state index contributed by atoms with van der Waals surface area (Å²) in [5, 5.41) is 2.86. The van der Waals surface area contributed by atoms with Crippen molar-refractivity contribution in [2.75, 3.05) is 0 Å². The van der Waals surface area contributed by atoms with Crippen LogP contribution in [-0.4, -0.2) is 21.9 Å². The third-order valence-electron chi connectivity index (χ3n) is 3.35. The molecular weight excluding hydrogens is 286 g/mol. The van der Waals surface area contributed by atoms with Crippen molar-refractivity contribution in [1.82, 2.24) is 15.3 Å². The fraction of sp³-hybridized carbons (Fsp3) is 0.400. The lowest BCUT2D eigenvalue weighted by molar-refractivity contribution is -0.121. The van der Waals surface area contributed by atoms with Crippen molar-refractivity contribution in [3.8, 4) is 0 Å². The number of hydrogen-bond donors (Lipinski definition) is 3. The zero-order chi connectivity index (χ0) is 16.1. The van der Waals surface area contributed by atoms with E-state index in [2.05, 4.69) is 15.3 Å². The second kappa shape index (κ2) is 6.93. The summed E-state index contributed by atoms with van der Waals surface area (Å²) in [4.78, 5) is 39.4. The summed E-state index contributed by atoms with van der Waals surface area (Å²) < 4.78 is 5.23. The number of carbonyl (C=O) groups is 1. The molecule has 0 spiro atoms. The number of hydrogen-bond acceptors (Lipinski definition) is 4. The number of carbonyl (C=O) groups excluding carboxylic acids is 1. The van der Waals surface area contributed by atoms with E-state index >= 15 is 0 Å². The lowest BCUT2D eigenvalue weighted by Gasteiger charge is -2.12. The van der Waals surface area contributed by atoms with E-state index in [0.717, 1.165) is 5.76 Å². The smallest absolute Gasteiger partial charge is 0.325 e. The second-order valence-electron chi connectivity index (χ2n) is 5.26. The number of furan rings is 1. The van der Waals surface area contributed by atoms with Gasteiger partial charge in [0.05, 0.1) is 6.26 Å². The third-order valence-corrected chi connectivity index (χ3v) is 3.35. The molecule has 0 saturated heterocycles. The molecule has 0 radical (unpaired) electrons. The van der Waals surface area contributed by atoms with Crippen LogP contribution in [0, 0.1) is 6.92 Å². The second-order valence-corrected chi connectivity index (χ2v) is 5.26. The molecule has 22 heavy (non-hydrogen) atoms. The summed E-state index contributed by atoms with van der Waals surface area (Å²) >= 11 is 0. The maximum absolute atomic E-state index is 11.9. The molecule has 2 aromatic heterocycles. The van der Waals surface area contributed by atoms with E-state index in [1.807, 2.05) is 13.0 Å². The van der Waals surface area contributed by atoms with Crippen LogP contribution in [0.15, 0.2) is 32.4 Å². The van der Waals surface area contributed by atoms with Gasteiger partial charge in [0, 0.05) is 30.1 Å². The normalized spacial score (nSPS) is 12.1. The Hall–Kier alpha value is -2.57. The van der Waals surface area contributed by atoms with E-state index in [4.69, 9.17) is 4.42 Å². The lowest BCUT2D eigenvalue weighted by atomic mass is 10.1. The zero-order valence-electron chi connectivity index (χ0n) is 12.6. The van der Waals surface area contributed by atoms with Crippen molar-refractivity contribution >= 4 is 5.91 Å². The molecule has 7 nitrogen and oxygen atoms in total. The summed E-state index contributed by atoms with van der Waals surface area (Å²) in [5.41, 5.74) is -0.0703. The summed E-state index contributed by atoms with van der Waals surface area (Å²) in [6.45, 7) is 3.53. The van der Waals surface area contributed by atoms with Crippen molar-refractivity contribution in [2.24, 2.45) is 0 Å². The van der Waals surface area contributed by atoms with Gasteiger partial charge in [-0.1, -0.05) is 0 Å². The van der Waals surface area contributed by atoms with Crippen LogP contribution in [-0.2, 0) is 17.6 Å². The van der Waals surface area contributed by atoms with E-state index in [0.29, 0.717) is 17.7 Å². The molecule has 0 aromatic carbocycles. The van der Waals surface area contributed by atoms with E-state index in [9.17, 15) is 14.4 Å². The third kappa shape index (κ3) is 4.21. The van der Waals surface area contributed by atoms with Gasteiger partial charge >= 0.3 is 5.69 Å². The van der Waals surface area contributed by atoms with E-state index in [-0.39, 0.29) is 24.8 Å². The number of aromatic nitrogens is 2. The molecule has 0 unspecified atom stereocenters. The first-order valence-electron chi connectivity index (χ1n) is 7.09. The number of aryl methyl sites for hydroxylation is 1. The molecule has 1 amide bonds. The standard InChI is InChI=1S/C15H19N3O4/c1-9(8-11-4-3-7-22-11)16-13(19)6-5-12-10(2)17-15(21)18-14(12)20/h3-4,7,9H,5-6,8H2,1-2H3,(H,16,19)(H2,17,18,20,21)/t9-/m1/s1. The Morgan fingerprint density at radius 1 is 1.36 bits per heavy atom. The topological polar surface area (TPSA) is 108 Å². The summed E-state index contributed by atoms with van der Waals surface area (Å²) in [5.74, 6) is 0.657. The predicted octanol–water partition coefficient (Wildman–Crippen LogP) is 0.645. The molecular formula is C15H19N3O4. The Kier molecular flexibility index (Phi) is 4.98. The summed E-state index contributed by atoms with van der Waals surface area (Å²) in [6, 6.07) is 3.59. The first-order chi connectivity index (χ1) is 10.5. The highest BCUT2D eigenvalue weighted by atomic mass is 16.3. The number of amides is 1. The highest BCUT2D eigenvalue weighted by Gasteiger charge is 2.12. The van der Waals surface area contributed by atoms with Gasteiger partial charge in [0.1, 0.15) is 5.76 Å². The molecule has 118 valence electrons. The average molecular weight is 305 g/mol. The minimum Gasteiger partial charge on any atom is -0.469 e. The first-order valence-corrected chi connectivity index (χ1v) is 7.09. The van der Waals surface area contributed by atoms with Crippen LogP contribution in [0.25, 0.3) is 0 Å². The number of rotatable bonds is 6. The fourth-order valence-corrected chi connectivity index (χ4v) is 2.29. The minimum absolute atomic E-state index is 0.0615. The largest absolute Gasteiger partial charge is 0.469 e. The number of aromatic amines is 2. The Balaban J connectivity index is 1.88. The summed E-state index contributed by atoms with van der Waals surface area (Å²) in [6.07, 6.45) is 2.65. The van der Waals surface area contributed by atoms with E-state index in [1.165, 1.54) is 0 Å². The number of H-pyrrole nitrogens is 2. The number of nitrogens with one attached hydrogen (secondary N) is 3. The highest BCUT2D eigenvalue weighted by molar-refractivity contribution is 5.76. The molecule has 2 heterocycles. The van der Waals surface area contributed by atoms with Crippen LogP contribution in [0.2, 0.25) is 0 Å². The maximum Gasteiger partial charge on any atom is 0.325 e. The van der Waals surface area contributed by atoms with Crippen molar-refractivity contribution in [1.29, 1.82) is 0 Å². The van der Waals surface area contributed by atoms with Gasteiger partial charge in [0.15, 0.2) is 0 Å². The molecule has 2 aromatic rings. The molecule has 7 heteroatoms. The first kappa shape index (κ1) is 15.8. The van der Waals surface area contributed by atoms with Crippen LogP contribution in [0.1, 0.15) is 30.4 Å². The zero-order valence-corrected chi connectivity index (χ0v) is 12.6. The van der Waals surface area contributed by atoms with Crippen LogP contribution in [0.5, 0.6) is 0 Å². The molecule has 0 aliphatic carbocycles. The Morgan fingerprint density at radius 2 is 2.14 bits per heavy atom. The monoisotopic (exact) mass is 305 g/mol. The lowest BCUT2D eigenvalue weighted by Crippen LogP contribution is -2.35. The van der Waals surface area contributed by atoms with Crippen LogP contribution in [0.4, 0.5) is 0 Å². The molecule has 3 N–H and O–H groups in total. The van der Waals surface area contributed by atoms with Crippen LogP contribution in [0.3, 0.4) is 0 Å². The Bertz CT molecular complexity index is 743. The van der Waals surface area contributed by atoms with Crippen molar-refractivity contribution in [3.05, 3.63) is 56.3 Å². The van der Waals surface area contributed by atoms with Gasteiger partial charge in [-0.15, -0.1) is 0 Å². The van der Waals surface area contributed by atoms with Gasteiger partial charge in [0.2, 0.25) is 5.91 Å². The predicted molar refractivity (Wildman–Crippen MR) is 80.8 cm³/mol. The highest BCUT2D eigenvalue weighted by Crippen LogP contribution is 2.05. The average Bonchev–Trinajstić information content (AvgIpc) is 2.89. The molecule has 0 aliphatic rings. The quantitative estimate of drug-likeness (QED) is 0.728.